The van der Waals surface area contributed by atoms with E-state index in [4.69, 9.17) is 9.47 Å². The van der Waals surface area contributed by atoms with Crippen LogP contribution in [0.5, 0.6) is 11.5 Å². The smallest absolute Gasteiger partial charge is 0.254 e. The minimum Gasteiger partial charge on any atom is -0.497 e. The maximum atomic E-state index is 13.4. The number of hydrogen-bond acceptors (Lipinski definition) is 5. The first-order valence-corrected chi connectivity index (χ1v) is 11.5. The molecule has 0 fully saturated rings. The van der Waals surface area contributed by atoms with Crippen molar-refractivity contribution in [2.24, 2.45) is 0 Å². The first kappa shape index (κ1) is 25.0. The van der Waals surface area contributed by atoms with Crippen molar-refractivity contribution in [2.45, 2.75) is 13.1 Å². The van der Waals surface area contributed by atoms with Crippen molar-refractivity contribution in [3.8, 4) is 11.5 Å². The average Bonchev–Trinajstić information content (AvgIpc) is 3.37. The number of halogens is 1. The molecule has 0 spiro atoms. The lowest BCUT2D eigenvalue weighted by Gasteiger charge is -2.27. The third-order valence-electron chi connectivity index (χ3n) is 5.13. The highest BCUT2D eigenvalue weighted by Gasteiger charge is 2.23. The number of methoxy groups -OCH3 is 2. The van der Waals surface area contributed by atoms with E-state index in [0.29, 0.717) is 30.2 Å². The van der Waals surface area contributed by atoms with Gasteiger partial charge in [0.05, 0.1) is 20.8 Å². The van der Waals surface area contributed by atoms with Gasteiger partial charge in [0.2, 0.25) is 5.91 Å². The highest BCUT2D eigenvalue weighted by Crippen LogP contribution is 2.24. The van der Waals surface area contributed by atoms with E-state index >= 15 is 0 Å². The number of rotatable bonds is 11. The SMILES string of the molecule is C=CCN(CC(=O)N(Cc1ccc(F)cc1)Cc1cccs1)C(=O)c1cc(OC)cc(OC)c1. The highest BCUT2D eigenvalue weighted by molar-refractivity contribution is 7.09. The van der Waals surface area contributed by atoms with Crippen LogP contribution < -0.4 is 9.47 Å². The van der Waals surface area contributed by atoms with E-state index < -0.39 is 0 Å². The van der Waals surface area contributed by atoms with Crippen molar-refractivity contribution in [2.75, 3.05) is 27.3 Å². The minimum absolute atomic E-state index is 0.142. The maximum Gasteiger partial charge on any atom is 0.254 e. The molecule has 34 heavy (non-hydrogen) atoms. The summed E-state index contributed by atoms with van der Waals surface area (Å²) in [4.78, 5) is 30.8. The number of benzene rings is 2. The largest absolute Gasteiger partial charge is 0.497 e. The lowest BCUT2D eigenvalue weighted by atomic mass is 10.1. The van der Waals surface area contributed by atoms with Crippen LogP contribution in [0.2, 0.25) is 0 Å². The molecule has 0 bridgehead atoms. The van der Waals surface area contributed by atoms with Gasteiger partial charge >= 0.3 is 0 Å². The van der Waals surface area contributed by atoms with Gasteiger partial charge in [0.15, 0.2) is 0 Å². The Balaban J connectivity index is 1.83. The van der Waals surface area contributed by atoms with Gasteiger partial charge in [-0.3, -0.25) is 9.59 Å². The van der Waals surface area contributed by atoms with Crippen LogP contribution in [0.4, 0.5) is 4.39 Å². The molecule has 3 rings (SSSR count). The van der Waals surface area contributed by atoms with Gasteiger partial charge in [-0.15, -0.1) is 17.9 Å². The molecule has 1 heterocycles. The first-order chi connectivity index (χ1) is 16.4. The topological polar surface area (TPSA) is 59.1 Å². The Morgan fingerprint density at radius 3 is 2.24 bits per heavy atom. The van der Waals surface area contributed by atoms with Crippen LogP contribution in [-0.4, -0.2) is 48.9 Å². The molecular formula is C26H27FN2O4S. The van der Waals surface area contributed by atoms with Crippen molar-refractivity contribution in [1.82, 2.24) is 9.80 Å². The lowest BCUT2D eigenvalue weighted by molar-refractivity contribution is -0.133. The van der Waals surface area contributed by atoms with E-state index in [1.165, 1.54) is 31.3 Å². The van der Waals surface area contributed by atoms with Gasteiger partial charge in [-0.05, 0) is 41.3 Å². The fourth-order valence-electron chi connectivity index (χ4n) is 3.38. The Morgan fingerprint density at radius 2 is 1.68 bits per heavy atom. The monoisotopic (exact) mass is 482 g/mol. The second kappa shape index (κ2) is 12.0. The zero-order valence-electron chi connectivity index (χ0n) is 19.2. The van der Waals surface area contributed by atoms with E-state index in [2.05, 4.69) is 6.58 Å². The molecule has 0 aliphatic heterocycles. The molecule has 8 heteroatoms. The number of amides is 2. The fourth-order valence-corrected chi connectivity index (χ4v) is 4.10. The lowest BCUT2D eigenvalue weighted by Crippen LogP contribution is -2.42. The first-order valence-electron chi connectivity index (χ1n) is 10.6. The Hall–Kier alpha value is -3.65. The van der Waals surface area contributed by atoms with Crippen molar-refractivity contribution < 1.29 is 23.5 Å². The third-order valence-corrected chi connectivity index (χ3v) is 5.99. The molecule has 2 amide bonds. The molecule has 0 unspecified atom stereocenters. The predicted octanol–water partition coefficient (Wildman–Crippen LogP) is 4.76. The molecule has 0 saturated carbocycles. The zero-order chi connectivity index (χ0) is 24.5. The summed E-state index contributed by atoms with van der Waals surface area (Å²) in [5.74, 6) is 0.0360. The van der Waals surface area contributed by atoms with Crippen LogP contribution in [0.1, 0.15) is 20.8 Å². The van der Waals surface area contributed by atoms with Gasteiger partial charge in [0.1, 0.15) is 23.9 Å². The summed E-state index contributed by atoms with van der Waals surface area (Å²) in [6.07, 6.45) is 1.58. The molecule has 0 aliphatic rings. The third kappa shape index (κ3) is 6.68. The van der Waals surface area contributed by atoms with Gasteiger partial charge in [0.25, 0.3) is 5.91 Å². The standard InChI is InChI=1S/C26H27FN2O4S/c1-4-11-28(26(31)20-13-22(32-2)15-23(14-20)33-3)18-25(30)29(17-24-6-5-12-34-24)16-19-7-9-21(27)10-8-19/h4-10,12-15H,1,11,16-18H2,2-3H3. The van der Waals surface area contributed by atoms with Gasteiger partial charge < -0.3 is 19.3 Å². The van der Waals surface area contributed by atoms with E-state index in [1.54, 1.807) is 52.6 Å². The van der Waals surface area contributed by atoms with Gasteiger partial charge in [-0.25, -0.2) is 4.39 Å². The molecule has 6 nitrogen and oxygen atoms in total. The van der Waals surface area contributed by atoms with Crippen molar-refractivity contribution in [3.63, 3.8) is 0 Å². The van der Waals surface area contributed by atoms with Gasteiger partial charge in [0, 0.05) is 29.6 Å². The molecule has 1 aromatic heterocycles. The Morgan fingerprint density at radius 1 is 1.00 bits per heavy atom. The van der Waals surface area contributed by atoms with Crippen LogP contribution in [-0.2, 0) is 17.9 Å². The zero-order valence-corrected chi connectivity index (χ0v) is 20.0. The minimum atomic E-state index is -0.344. The summed E-state index contributed by atoms with van der Waals surface area (Å²) in [6, 6.07) is 14.8. The van der Waals surface area contributed by atoms with E-state index in [0.717, 1.165) is 10.4 Å². The van der Waals surface area contributed by atoms with Crippen molar-refractivity contribution >= 4 is 23.2 Å². The summed E-state index contributed by atoms with van der Waals surface area (Å²) < 4.78 is 23.9. The second-order valence-electron chi connectivity index (χ2n) is 7.53. The van der Waals surface area contributed by atoms with E-state index in [-0.39, 0.29) is 30.7 Å². The van der Waals surface area contributed by atoms with E-state index in [1.807, 2.05) is 17.5 Å². The summed E-state index contributed by atoms with van der Waals surface area (Å²) in [7, 11) is 3.01. The number of carbonyl (C=O) groups is 2. The Bertz CT molecular complexity index is 1090. The van der Waals surface area contributed by atoms with Gasteiger partial charge in [-0.1, -0.05) is 24.3 Å². The predicted molar refractivity (Wildman–Crippen MR) is 131 cm³/mol. The molecule has 0 N–H and O–H groups in total. The Kier molecular flexibility index (Phi) is 8.81. The molecule has 0 atom stereocenters. The molecule has 2 aromatic carbocycles. The van der Waals surface area contributed by atoms with E-state index in [9.17, 15) is 14.0 Å². The highest BCUT2D eigenvalue weighted by atomic mass is 32.1. The average molecular weight is 483 g/mol. The molecular weight excluding hydrogens is 455 g/mol. The summed E-state index contributed by atoms with van der Waals surface area (Å²) in [5.41, 5.74) is 1.14. The van der Waals surface area contributed by atoms with Crippen molar-refractivity contribution in [1.29, 1.82) is 0 Å². The van der Waals surface area contributed by atoms with Crippen LogP contribution in [0, 0.1) is 5.82 Å². The molecule has 3 aromatic rings. The normalized spacial score (nSPS) is 10.4. The van der Waals surface area contributed by atoms with Gasteiger partial charge in [-0.2, -0.15) is 0 Å². The number of nitrogens with zero attached hydrogens (tertiary/aromatic N) is 2. The summed E-state index contributed by atoms with van der Waals surface area (Å²) in [6.45, 7) is 4.45. The molecule has 0 radical (unpaired) electrons. The van der Waals surface area contributed by atoms with Crippen LogP contribution in [0.25, 0.3) is 0 Å². The molecule has 0 aliphatic carbocycles. The summed E-state index contributed by atoms with van der Waals surface area (Å²) >= 11 is 1.54. The quantitative estimate of drug-likeness (QED) is 0.370. The van der Waals surface area contributed by atoms with Crippen molar-refractivity contribution in [3.05, 3.63) is 94.5 Å². The summed E-state index contributed by atoms with van der Waals surface area (Å²) in [5, 5.41) is 1.94. The number of carbonyl (C=O) groups excluding carboxylic acids is 2. The van der Waals surface area contributed by atoms with Crippen LogP contribution in [0.15, 0.2) is 72.6 Å². The molecule has 0 saturated heterocycles. The van der Waals surface area contributed by atoms with Crippen LogP contribution >= 0.6 is 11.3 Å². The maximum absolute atomic E-state index is 13.4. The number of ether oxygens (including phenoxy) is 2. The second-order valence-corrected chi connectivity index (χ2v) is 8.56. The van der Waals surface area contributed by atoms with Crippen LogP contribution in [0.3, 0.4) is 0 Å². The molecule has 178 valence electrons. The number of thiophene rings is 1. The Labute approximate surface area is 202 Å². The fraction of sp³-hybridized carbons (Fsp3) is 0.231. The number of hydrogen-bond donors (Lipinski definition) is 0.